The van der Waals surface area contributed by atoms with E-state index >= 15 is 0 Å². The van der Waals surface area contributed by atoms with Gasteiger partial charge in [-0.05, 0) is 27.2 Å². The third kappa shape index (κ3) is 3.43. The van der Waals surface area contributed by atoms with Crippen LogP contribution in [0.1, 0.15) is 27.2 Å². The minimum atomic E-state index is -1.16. The zero-order valence-corrected chi connectivity index (χ0v) is 10.0. The van der Waals surface area contributed by atoms with Gasteiger partial charge < -0.3 is 19.3 Å². The van der Waals surface area contributed by atoms with Crippen molar-refractivity contribution < 1.29 is 24.1 Å². The van der Waals surface area contributed by atoms with Crippen LogP contribution in [0.15, 0.2) is 0 Å². The Kier molecular flexibility index (Phi) is 5.18. The molecule has 0 aliphatic carbocycles. The van der Waals surface area contributed by atoms with Crippen LogP contribution in [0.4, 0.5) is 0 Å². The fraction of sp³-hybridized carbons (Fsp3) is 0.909. The molecule has 1 fully saturated rings. The van der Waals surface area contributed by atoms with Gasteiger partial charge in [0.1, 0.15) is 0 Å². The number of hydrogen-bond donors (Lipinski definition) is 1. The van der Waals surface area contributed by atoms with Crippen molar-refractivity contribution in [2.24, 2.45) is 5.92 Å². The Hall–Kier alpha value is -0.650. The zero-order valence-electron chi connectivity index (χ0n) is 10.0. The van der Waals surface area contributed by atoms with Crippen molar-refractivity contribution in [3.05, 3.63) is 0 Å². The molecule has 3 unspecified atom stereocenters. The second-order valence-corrected chi connectivity index (χ2v) is 4.07. The first-order chi connectivity index (χ1) is 7.56. The first-order valence-electron chi connectivity index (χ1n) is 5.68. The Labute approximate surface area is 95.7 Å². The molecule has 0 radical (unpaired) electrons. The van der Waals surface area contributed by atoms with Crippen LogP contribution in [-0.2, 0) is 19.0 Å². The van der Waals surface area contributed by atoms with Gasteiger partial charge in [-0.2, -0.15) is 0 Å². The number of carbonyl (C=O) groups excluding carboxylic acids is 1. The van der Waals surface area contributed by atoms with Crippen molar-refractivity contribution in [3.63, 3.8) is 0 Å². The van der Waals surface area contributed by atoms with Crippen LogP contribution < -0.4 is 0 Å². The number of esters is 1. The lowest BCUT2D eigenvalue weighted by atomic mass is 10.0. The lowest BCUT2D eigenvalue weighted by Gasteiger charge is -2.23. The van der Waals surface area contributed by atoms with E-state index in [0.717, 1.165) is 0 Å². The summed E-state index contributed by atoms with van der Waals surface area (Å²) in [5.41, 5.74) is 0. The minimum absolute atomic E-state index is 0.00000412. The minimum Gasteiger partial charge on any atom is -0.464 e. The molecule has 0 aromatic rings. The monoisotopic (exact) mass is 232 g/mol. The molecule has 0 saturated carbocycles. The zero-order chi connectivity index (χ0) is 12.1. The number of hydrogen-bond acceptors (Lipinski definition) is 5. The number of aliphatic hydroxyl groups is 1. The molecular formula is C11H20O5. The summed E-state index contributed by atoms with van der Waals surface area (Å²) >= 11 is 0. The highest BCUT2D eigenvalue weighted by Crippen LogP contribution is 2.26. The summed E-state index contributed by atoms with van der Waals surface area (Å²) in [6.07, 6.45) is -1.07. The van der Waals surface area contributed by atoms with Crippen LogP contribution in [0.2, 0.25) is 0 Å². The smallest absolute Gasteiger partial charge is 0.335 e. The predicted molar refractivity (Wildman–Crippen MR) is 56.7 cm³/mol. The molecule has 1 N–H and O–H groups in total. The van der Waals surface area contributed by atoms with Gasteiger partial charge in [0.25, 0.3) is 0 Å². The summed E-state index contributed by atoms with van der Waals surface area (Å²) in [4.78, 5) is 11.4. The van der Waals surface area contributed by atoms with E-state index in [2.05, 4.69) is 0 Å². The topological polar surface area (TPSA) is 65.0 Å². The Bertz CT molecular complexity index is 228. The molecule has 1 rings (SSSR count). The Morgan fingerprint density at radius 1 is 1.56 bits per heavy atom. The van der Waals surface area contributed by atoms with Crippen molar-refractivity contribution in [1.82, 2.24) is 0 Å². The van der Waals surface area contributed by atoms with Gasteiger partial charge >= 0.3 is 5.97 Å². The maximum atomic E-state index is 11.4. The van der Waals surface area contributed by atoms with E-state index < -0.39 is 18.4 Å². The molecule has 0 aromatic heterocycles. The summed E-state index contributed by atoms with van der Waals surface area (Å²) in [5, 5.41) is 9.80. The molecule has 5 heteroatoms. The largest absolute Gasteiger partial charge is 0.464 e. The maximum Gasteiger partial charge on any atom is 0.335 e. The predicted octanol–water partition coefficient (Wildman–Crippen LogP) is 0.698. The van der Waals surface area contributed by atoms with Gasteiger partial charge in [0, 0.05) is 5.92 Å². The Balaban J connectivity index is 2.53. The SMILES string of the molecule is CCOC(=O)C(O)C1CCOC1OC(C)C. The molecule has 16 heavy (non-hydrogen) atoms. The van der Waals surface area contributed by atoms with Crippen molar-refractivity contribution in [3.8, 4) is 0 Å². The van der Waals surface area contributed by atoms with Gasteiger partial charge in [-0.1, -0.05) is 0 Å². The van der Waals surface area contributed by atoms with Gasteiger partial charge in [-0.3, -0.25) is 0 Å². The lowest BCUT2D eigenvalue weighted by molar-refractivity contribution is -0.182. The molecule has 1 aliphatic heterocycles. The molecule has 1 heterocycles. The molecule has 0 bridgehead atoms. The third-order valence-electron chi connectivity index (χ3n) is 2.42. The Morgan fingerprint density at radius 3 is 2.81 bits per heavy atom. The first kappa shape index (κ1) is 13.4. The summed E-state index contributed by atoms with van der Waals surface area (Å²) in [5.74, 6) is -0.934. The van der Waals surface area contributed by atoms with Crippen LogP contribution in [-0.4, -0.2) is 42.8 Å². The number of aliphatic hydroxyl groups excluding tert-OH is 1. The molecule has 0 spiro atoms. The van der Waals surface area contributed by atoms with E-state index in [-0.39, 0.29) is 18.6 Å². The van der Waals surface area contributed by atoms with Gasteiger partial charge in [0.05, 0.1) is 19.3 Å². The third-order valence-corrected chi connectivity index (χ3v) is 2.42. The number of carbonyl (C=O) groups is 1. The van der Waals surface area contributed by atoms with Crippen LogP contribution in [0.5, 0.6) is 0 Å². The normalized spacial score (nSPS) is 27.1. The summed E-state index contributed by atoms with van der Waals surface area (Å²) in [7, 11) is 0. The maximum absolute atomic E-state index is 11.4. The van der Waals surface area contributed by atoms with Crippen molar-refractivity contribution in [1.29, 1.82) is 0 Å². The van der Waals surface area contributed by atoms with Crippen molar-refractivity contribution >= 4 is 5.97 Å². The highest BCUT2D eigenvalue weighted by molar-refractivity contribution is 5.74. The molecule has 5 nitrogen and oxygen atoms in total. The van der Waals surface area contributed by atoms with Gasteiger partial charge in [-0.25, -0.2) is 4.79 Å². The highest BCUT2D eigenvalue weighted by atomic mass is 16.7. The van der Waals surface area contributed by atoms with Crippen molar-refractivity contribution in [2.45, 2.75) is 45.7 Å². The lowest BCUT2D eigenvalue weighted by Crippen LogP contribution is -2.38. The standard InChI is InChI=1S/C11H20O5/c1-4-14-10(13)9(12)8-5-6-15-11(8)16-7(2)3/h7-9,11-12H,4-6H2,1-3H3. The van der Waals surface area contributed by atoms with Crippen LogP contribution >= 0.6 is 0 Å². The van der Waals surface area contributed by atoms with E-state index in [1.54, 1.807) is 6.92 Å². The fourth-order valence-corrected chi connectivity index (χ4v) is 1.70. The van der Waals surface area contributed by atoms with Gasteiger partial charge in [-0.15, -0.1) is 0 Å². The molecule has 0 amide bonds. The van der Waals surface area contributed by atoms with E-state index in [4.69, 9.17) is 14.2 Å². The summed E-state index contributed by atoms with van der Waals surface area (Å²) < 4.78 is 15.6. The van der Waals surface area contributed by atoms with Crippen LogP contribution in [0.25, 0.3) is 0 Å². The summed E-state index contributed by atoms with van der Waals surface area (Å²) in [6.45, 7) is 6.24. The fourth-order valence-electron chi connectivity index (χ4n) is 1.70. The van der Waals surface area contributed by atoms with Gasteiger partial charge in [0.15, 0.2) is 12.4 Å². The van der Waals surface area contributed by atoms with E-state index in [1.807, 2.05) is 13.8 Å². The van der Waals surface area contributed by atoms with Crippen molar-refractivity contribution in [2.75, 3.05) is 13.2 Å². The molecule has 0 aromatic carbocycles. The molecular weight excluding hydrogens is 212 g/mol. The average molecular weight is 232 g/mol. The second kappa shape index (κ2) is 6.18. The average Bonchev–Trinajstić information content (AvgIpc) is 2.64. The highest BCUT2D eigenvalue weighted by Gasteiger charge is 2.39. The van der Waals surface area contributed by atoms with Crippen LogP contribution in [0.3, 0.4) is 0 Å². The molecule has 3 atom stereocenters. The number of rotatable bonds is 5. The quantitative estimate of drug-likeness (QED) is 0.707. The van der Waals surface area contributed by atoms with E-state index in [0.29, 0.717) is 13.0 Å². The van der Waals surface area contributed by atoms with Crippen LogP contribution in [0, 0.1) is 5.92 Å². The second-order valence-electron chi connectivity index (χ2n) is 4.07. The first-order valence-corrected chi connectivity index (χ1v) is 5.68. The van der Waals surface area contributed by atoms with E-state index in [9.17, 15) is 9.90 Å². The van der Waals surface area contributed by atoms with E-state index in [1.165, 1.54) is 0 Å². The molecule has 1 aliphatic rings. The van der Waals surface area contributed by atoms with Gasteiger partial charge in [0.2, 0.25) is 0 Å². The molecule has 94 valence electrons. The Morgan fingerprint density at radius 2 is 2.25 bits per heavy atom. The molecule has 1 saturated heterocycles. The number of ether oxygens (including phenoxy) is 3. The summed E-state index contributed by atoms with van der Waals surface area (Å²) in [6, 6.07) is 0.